The van der Waals surface area contributed by atoms with Gasteiger partial charge >= 0.3 is 0 Å². The highest BCUT2D eigenvalue weighted by atomic mass is 79.9. The van der Waals surface area contributed by atoms with E-state index >= 15 is 0 Å². The second-order valence-corrected chi connectivity index (χ2v) is 5.00. The first kappa shape index (κ1) is 12.1. The number of benzene rings is 1. The lowest BCUT2D eigenvalue weighted by Crippen LogP contribution is -2.22. The van der Waals surface area contributed by atoms with Crippen LogP contribution in [0.2, 0.25) is 5.02 Å². The first-order chi connectivity index (χ1) is 7.47. The molecule has 0 radical (unpaired) electrons. The Morgan fingerprint density at radius 1 is 1.50 bits per heavy atom. The van der Waals surface area contributed by atoms with Gasteiger partial charge in [0.25, 0.3) is 5.92 Å². The van der Waals surface area contributed by atoms with Gasteiger partial charge < -0.3 is 4.74 Å². The van der Waals surface area contributed by atoms with Gasteiger partial charge in [0, 0.05) is 12.0 Å². The molecule has 1 aromatic carbocycles. The first-order valence-corrected chi connectivity index (χ1v) is 6.07. The summed E-state index contributed by atoms with van der Waals surface area (Å²) in [6.07, 6.45) is 0.992. The molecule has 0 fully saturated rings. The smallest absolute Gasteiger partial charge is 0.274 e. The van der Waals surface area contributed by atoms with Gasteiger partial charge in [-0.25, -0.2) is 8.78 Å². The van der Waals surface area contributed by atoms with Gasteiger partial charge in [0.1, 0.15) is 0 Å². The fourth-order valence-corrected chi connectivity index (χ4v) is 3.39. The number of aryl methyl sites for hydroxylation is 1. The Bertz CT molecular complexity index is 434. The maximum Gasteiger partial charge on any atom is 0.274 e. The lowest BCUT2D eigenvalue weighted by Gasteiger charge is -2.27. The van der Waals surface area contributed by atoms with Crippen LogP contribution in [-0.2, 0) is 12.3 Å². The zero-order valence-corrected chi connectivity index (χ0v) is 11.0. The summed E-state index contributed by atoms with van der Waals surface area (Å²) < 4.78 is 32.9. The summed E-state index contributed by atoms with van der Waals surface area (Å²) in [6, 6.07) is 1.58. The lowest BCUT2D eigenvalue weighted by molar-refractivity contribution is -0.0226. The fourth-order valence-electron chi connectivity index (χ4n) is 2.06. The molecule has 88 valence electrons. The lowest BCUT2D eigenvalue weighted by atomic mass is 9.88. The van der Waals surface area contributed by atoms with E-state index in [4.69, 9.17) is 16.3 Å². The molecule has 0 saturated heterocycles. The SMILES string of the molecule is COc1c(Cl)cc2c(c1Br)C(F)(F)CCC2. The Morgan fingerprint density at radius 2 is 2.19 bits per heavy atom. The van der Waals surface area contributed by atoms with E-state index in [2.05, 4.69) is 15.9 Å². The van der Waals surface area contributed by atoms with Crippen molar-refractivity contribution in [3.63, 3.8) is 0 Å². The normalized spacial score (nSPS) is 18.1. The first-order valence-electron chi connectivity index (χ1n) is 4.90. The van der Waals surface area contributed by atoms with Gasteiger partial charge in [0.05, 0.1) is 16.6 Å². The van der Waals surface area contributed by atoms with Gasteiger partial charge in [-0.3, -0.25) is 0 Å². The monoisotopic (exact) mass is 310 g/mol. The Hall–Kier alpha value is -0.350. The maximum atomic E-state index is 13.8. The van der Waals surface area contributed by atoms with Crippen LogP contribution in [0.5, 0.6) is 5.75 Å². The number of hydrogen-bond donors (Lipinski definition) is 0. The van der Waals surface area contributed by atoms with E-state index in [0.29, 0.717) is 23.4 Å². The summed E-state index contributed by atoms with van der Waals surface area (Å²) in [7, 11) is 1.42. The van der Waals surface area contributed by atoms with Gasteiger partial charge in [-0.15, -0.1) is 0 Å². The summed E-state index contributed by atoms with van der Waals surface area (Å²) in [5.74, 6) is -2.52. The van der Waals surface area contributed by atoms with E-state index in [1.165, 1.54) is 7.11 Å². The van der Waals surface area contributed by atoms with Crippen LogP contribution in [0.25, 0.3) is 0 Å². The van der Waals surface area contributed by atoms with E-state index in [1.807, 2.05) is 0 Å². The van der Waals surface area contributed by atoms with Crippen LogP contribution in [0.3, 0.4) is 0 Å². The molecule has 2 rings (SSSR count). The van der Waals surface area contributed by atoms with Crippen LogP contribution < -0.4 is 4.74 Å². The number of methoxy groups -OCH3 is 1. The summed E-state index contributed by atoms with van der Waals surface area (Å²) in [4.78, 5) is 0. The Labute approximate surface area is 106 Å². The minimum absolute atomic E-state index is 0.0278. The van der Waals surface area contributed by atoms with Crippen molar-refractivity contribution < 1.29 is 13.5 Å². The van der Waals surface area contributed by atoms with Crippen LogP contribution in [0.1, 0.15) is 24.0 Å². The Morgan fingerprint density at radius 3 is 2.81 bits per heavy atom. The van der Waals surface area contributed by atoms with Crippen LogP contribution in [0, 0.1) is 0 Å². The fraction of sp³-hybridized carbons (Fsp3) is 0.455. The number of ether oxygens (including phenoxy) is 1. The quantitative estimate of drug-likeness (QED) is 0.740. The molecular weight excluding hydrogens is 301 g/mol. The number of halogens is 4. The van der Waals surface area contributed by atoms with Crippen molar-refractivity contribution in [3.8, 4) is 5.75 Å². The highest BCUT2D eigenvalue weighted by molar-refractivity contribution is 9.10. The number of hydrogen-bond acceptors (Lipinski definition) is 1. The Kier molecular flexibility index (Phi) is 3.14. The van der Waals surface area contributed by atoms with Crippen LogP contribution >= 0.6 is 27.5 Å². The summed E-state index contributed by atoms with van der Waals surface area (Å²) in [6.45, 7) is 0. The van der Waals surface area contributed by atoms with Gasteiger partial charge in [-0.1, -0.05) is 11.6 Å². The van der Waals surface area contributed by atoms with E-state index in [1.54, 1.807) is 6.07 Å². The third kappa shape index (κ3) is 1.82. The molecule has 0 aromatic heterocycles. The molecule has 0 N–H and O–H groups in total. The van der Waals surface area contributed by atoms with Crippen LogP contribution in [0.4, 0.5) is 8.78 Å². The molecule has 0 bridgehead atoms. The van der Waals surface area contributed by atoms with Crippen molar-refractivity contribution in [1.82, 2.24) is 0 Å². The third-order valence-corrected chi connectivity index (χ3v) is 3.80. The molecule has 1 nitrogen and oxygen atoms in total. The van der Waals surface area contributed by atoms with Gasteiger partial charge in [0.15, 0.2) is 5.75 Å². The van der Waals surface area contributed by atoms with E-state index in [9.17, 15) is 8.78 Å². The molecule has 0 heterocycles. The summed E-state index contributed by atoms with van der Waals surface area (Å²) >= 11 is 9.12. The van der Waals surface area contributed by atoms with E-state index in [-0.39, 0.29) is 22.2 Å². The zero-order valence-electron chi connectivity index (χ0n) is 8.62. The summed E-state index contributed by atoms with van der Waals surface area (Å²) in [5, 5.41) is 0.367. The molecule has 1 aliphatic rings. The van der Waals surface area contributed by atoms with Crippen molar-refractivity contribution in [1.29, 1.82) is 0 Å². The van der Waals surface area contributed by atoms with Crippen molar-refractivity contribution in [2.75, 3.05) is 7.11 Å². The van der Waals surface area contributed by atoms with Crippen molar-refractivity contribution in [3.05, 3.63) is 26.7 Å². The predicted octanol–water partition coefficient (Wildman–Crippen LogP) is 4.54. The van der Waals surface area contributed by atoms with E-state index in [0.717, 1.165) is 0 Å². The highest BCUT2D eigenvalue weighted by Gasteiger charge is 2.40. The van der Waals surface area contributed by atoms with Gasteiger partial charge in [-0.2, -0.15) is 0 Å². The topological polar surface area (TPSA) is 9.23 Å². The average Bonchev–Trinajstić information content (AvgIpc) is 2.16. The molecule has 1 aliphatic carbocycles. The van der Waals surface area contributed by atoms with Crippen molar-refractivity contribution in [2.24, 2.45) is 0 Å². The summed E-state index contributed by atoms with van der Waals surface area (Å²) in [5.41, 5.74) is 0.633. The molecule has 0 atom stereocenters. The standard InChI is InChI=1S/C11H10BrClF2O/c1-16-10-7(13)5-6-3-2-4-11(14,15)8(6)9(10)12/h5H,2-4H2,1H3. The second-order valence-electron chi connectivity index (χ2n) is 3.80. The molecule has 0 amide bonds. The van der Waals surface area contributed by atoms with Crippen LogP contribution in [-0.4, -0.2) is 7.11 Å². The van der Waals surface area contributed by atoms with Crippen molar-refractivity contribution >= 4 is 27.5 Å². The Balaban J connectivity index is 2.69. The number of alkyl halides is 2. The average molecular weight is 312 g/mol. The minimum Gasteiger partial charge on any atom is -0.494 e. The number of fused-ring (bicyclic) bond motifs is 1. The largest absolute Gasteiger partial charge is 0.494 e. The predicted molar refractivity (Wildman–Crippen MR) is 62.5 cm³/mol. The van der Waals surface area contributed by atoms with Crippen molar-refractivity contribution in [2.45, 2.75) is 25.2 Å². The second kappa shape index (κ2) is 4.15. The van der Waals surface area contributed by atoms with Gasteiger partial charge in [-0.05, 0) is 40.4 Å². The van der Waals surface area contributed by atoms with Crippen LogP contribution in [0.15, 0.2) is 10.5 Å². The molecule has 0 spiro atoms. The molecule has 5 heteroatoms. The molecule has 1 aromatic rings. The third-order valence-electron chi connectivity index (χ3n) is 2.76. The van der Waals surface area contributed by atoms with E-state index < -0.39 is 5.92 Å². The zero-order chi connectivity index (χ0) is 11.9. The molecular formula is C11H10BrClF2O. The molecule has 0 saturated carbocycles. The number of rotatable bonds is 1. The maximum absolute atomic E-state index is 13.8. The molecule has 0 unspecified atom stereocenters. The highest BCUT2D eigenvalue weighted by Crippen LogP contribution is 2.49. The molecule has 16 heavy (non-hydrogen) atoms. The van der Waals surface area contributed by atoms with Gasteiger partial charge in [0.2, 0.25) is 0 Å². The molecule has 0 aliphatic heterocycles. The minimum atomic E-state index is -2.80.